The molecule has 0 unspecified atom stereocenters. The van der Waals surface area contributed by atoms with Gasteiger partial charge in [-0.1, -0.05) is 188 Å². The van der Waals surface area contributed by atoms with Crippen molar-refractivity contribution in [2.24, 2.45) is 0 Å². The van der Waals surface area contributed by atoms with Crippen molar-refractivity contribution in [2.45, 2.75) is 0 Å². The average Bonchev–Trinajstić information content (AvgIpc) is 3.95. The van der Waals surface area contributed by atoms with Crippen molar-refractivity contribution in [3.8, 4) is 79.7 Å². The number of benzene rings is 9. The van der Waals surface area contributed by atoms with Gasteiger partial charge in [0.15, 0.2) is 29.1 Å². The Balaban J connectivity index is 1.00. The molecule has 0 spiro atoms. The van der Waals surface area contributed by atoms with Crippen molar-refractivity contribution >= 4 is 43.6 Å². The molecule has 0 fully saturated rings. The molecule has 0 atom stereocenters. The highest BCUT2D eigenvalue weighted by atomic mass is 15.2. The zero-order valence-corrected chi connectivity index (χ0v) is 36.5. The third-order valence-corrected chi connectivity index (χ3v) is 12.6. The molecule has 8 heteroatoms. The Morgan fingerprint density at radius 2 is 0.603 bits per heavy atom. The van der Waals surface area contributed by atoms with Crippen LogP contribution in [0.3, 0.4) is 0 Å². The summed E-state index contributed by atoms with van der Waals surface area (Å²) >= 11 is 0. The fraction of sp³-hybridized carbons (Fsp3) is 0. The molecular weight excluding hydrogens is 833 g/mol. The van der Waals surface area contributed by atoms with Crippen molar-refractivity contribution < 1.29 is 0 Å². The molecule has 0 aliphatic heterocycles. The summed E-state index contributed by atoms with van der Waals surface area (Å²) in [6.45, 7) is 0. The van der Waals surface area contributed by atoms with Gasteiger partial charge in [-0.05, 0) is 53.6 Å². The van der Waals surface area contributed by atoms with Gasteiger partial charge in [0.2, 0.25) is 5.95 Å². The van der Waals surface area contributed by atoms with Gasteiger partial charge in [-0.2, -0.15) is 9.97 Å². The van der Waals surface area contributed by atoms with Crippen LogP contribution in [0.15, 0.2) is 231 Å². The molecule has 13 aromatic rings. The van der Waals surface area contributed by atoms with Gasteiger partial charge < -0.3 is 4.57 Å². The Labute approximate surface area is 391 Å². The highest BCUT2D eigenvalue weighted by molar-refractivity contribution is 6.28. The van der Waals surface area contributed by atoms with Crippen LogP contribution in [0.1, 0.15) is 0 Å². The number of nitrogens with zero attached hydrogens (tertiary/aromatic N) is 8. The van der Waals surface area contributed by atoms with Gasteiger partial charge in [0.25, 0.3) is 0 Å². The van der Waals surface area contributed by atoms with E-state index in [1.807, 2.05) is 97.1 Å². The zero-order chi connectivity index (χ0) is 45.0. The third-order valence-electron chi connectivity index (χ3n) is 12.6. The Kier molecular flexibility index (Phi) is 9.31. The van der Waals surface area contributed by atoms with E-state index < -0.39 is 0 Å². The molecule has 0 saturated carbocycles. The maximum absolute atomic E-state index is 5.19. The first-order valence-corrected chi connectivity index (χ1v) is 22.6. The highest BCUT2D eigenvalue weighted by Gasteiger charge is 2.23. The smallest absolute Gasteiger partial charge is 0.238 e. The van der Waals surface area contributed by atoms with Crippen LogP contribution in [0.4, 0.5) is 0 Å². The molecule has 0 N–H and O–H groups in total. The molecule has 0 bridgehead atoms. The molecule has 4 heterocycles. The molecule has 4 aromatic heterocycles. The molecule has 318 valence electrons. The van der Waals surface area contributed by atoms with Crippen LogP contribution in [0, 0.1) is 0 Å². The summed E-state index contributed by atoms with van der Waals surface area (Å²) in [7, 11) is 0. The zero-order valence-electron chi connectivity index (χ0n) is 36.5. The first-order valence-electron chi connectivity index (χ1n) is 22.6. The molecule has 8 nitrogen and oxygen atoms in total. The van der Waals surface area contributed by atoms with Crippen LogP contribution >= 0.6 is 0 Å². The Bertz CT molecular complexity index is 3960. The predicted octanol–water partition coefficient (Wildman–Crippen LogP) is 14.3. The van der Waals surface area contributed by atoms with E-state index in [1.165, 1.54) is 0 Å². The minimum absolute atomic E-state index is 0.554. The van der Waals surface area contributed by atoms with Gasteiger partial charge in [-0.25, -0.2) is 19.9 Å². The average molecular weight is 871 g/mol. The van der Waals surface area contributed by atoms with Crippen LogP contribution in [-0.4, -0.2) is 39.0 Å². The minimum Gasteiger partial charge on any atom is -0.309 e. The topological polar surface area (TPSA) is 87.2 Å². The lowest BCUT2D eigenvalue weighted by molar-refractivity contribution is 0.953. The van der Waals surface area contributed by atoms with E-state index in [1.54, 1.807) is 0 Å². The van der Waals surface area contributed by atoms with Crippen molar-refractivity contribution in [1.29, 1.82) is 0 Å². The van der Waals surface area contributed by atoms with Gasteiger partial charge in [0, 0.05) is 55.0 Å². The first kappa shape index (κ1) is 39.0. The number of para-hydroxylation sites is 2. The van der Waals surface area contributed by atoms with E-state index in [2.05, 4.69) is 143 Å². The van der Waals surface area contributed by atoms with E-state index in [0.717, 1.165) is 88.2 Å². The Morgan fingerprint density at radius 3 is 1.13 bits per heavy atom. The van der Waals surface area contributed by atoms with Crippen LogP contribution in [0.25, 0.3) is 123 Å². The van der Waals surface area contributed by atoms with Crippen molar-refractivity contribution in [1.82, 2.24) is 39.0 Å². The summed E-state index contributed by atoms with van der Waals surface area (Å²) < 4.78 is 4.54. The normalized spacial score (nSPS) is 11.5. The minimum atomic E-state index is 0.554. The number of hydrogen-bond donors (Lipinski definition) is 0. The molecule has 0 saturated heterocycles. The lowest BCUT2D eigenvalue weighted by Gasteiger charge is -2.12. The largest absolute Gasteiger partial charge is 0.309 e. The maximum Gasteiger partial charge on any atom is 0.238 e. The van der Waals surface area contributed by atoms with Crippen LogP contribution in [-0.2, 0) is 0 Å². The summed E-state index contributed by atoms with van der Waals surface area (Å²) in [4.78, 5) is 30.8. The fourth-order valence-electron chi connectivity index (χ4n) is 9.51. The summed E-state index contributed by atoms with van der Waals surface area (Å²) in [6, 6.07) is 79.3. The molecule has 0 radical (unpaired) electrons. The van der Waals surface area contributed by atoms with Crippen molar-refractivity contribution in [2.75, 3.05) is 0 Å². The molecule has 0 amide bonds. The number of hydrogen-bond acceptors (Lipinski definition) is 6. The van der Waals surface area contributed by atoms with Gasteiger partial charge in [-0.3, -0.25) is 4.57 Å². The quantitative estimate of drug-likeness (QED) is 0.151. The highest BCUT2D eigenvalue weighted by Crippen LogP contribution is 2.42. The summed E-state index contributed by atoms with van der Waals surface area (Å²) in [5.74, 6) is 3.59. The van der Waals surface area contributed by atoms with E-state index in [9.17, 15) is 0 Å². The fourth-order valence-corrected chi connectivity index (χ4v) is 9.51. The predicted molar refractivity (Wildman–Crippen MR) is 275 cm³/mol. The van der Waals surface area contributed by atoms with Gasteiger partial charge in [0.1, 0.15) is 0 Å². The van der Waals surface area contributed by atoms with E-state index in [0.29, 0.717) is 35.1 Å². The van der Waals surface area contributed by atoms with Gasteiger partial charge >= 0.3 is 0 Å². The number of aromatic nitrogens is 8. The molecule has 0 aliphatic carbocycles. The van der Waals surface area contributed by atoms with Crippen molar-refractivity contribution in [3.63, 3.8) is 0 Å². The second-order valence-corrected chi connectivity index (χ2v) is 16.7. The lowest BCUT2D eigenvalue weighted by atomic mass is 10.0. The molecule has 68 heavy (non-hydrogen) atoms. The third kappa shape index (κ3) is 6.70. The van der Waals surface area contributed by atoms with Gasteiger partial charge in [0.05, 0.1) is 22.1 Å². The Morgan fingerprint density at radius 1 is 0.235 bits per heavy atom. The standard InChI is InChI=1S/C60H38N8/c1-5-19-39(20-6-1)43-27-17-28-44(37-43)58-61-55(40-21-7-2-8-22-40)62-59(64-58)45-29-18-30-46(38-45)67-49-33-15-13-31-47(49)53-51(67)35-36-52-54(53)48-32-14-16-34-50(48)68(52)60-65-56(41-23-9-3-10-24-41)63-57(66-60)42-25-11-4-12-26-42/h1-38H. The van der Waals surface area contributed by atoms with Crippen molar-refractivity contribution in [3.05, 3.63) is 231 Å². The molecular formula is C60H38N8. The van der Waals surface area contributed by atoms with E-state index in [-0.39, 0.29) is 0 Å². The molecule has 9 aromatic carbocycles. The maximum atomic E-state index is 5.19. The summed E-state index contributed by atoms with van der Waals surface area (Å²) in [5.41, 5.74) is 11.9. The second-order valence-electron chi connectivity index (χ2n) is 16.7. The number of fused-ring (bicyclic) bond motifs is 7. The number of rotatable bonds is 8. The van der Waals surface area contributed by atoms with Gasteiger partial charge in [-0.15, -0.1) is 0 Å². The lowest BCUT2D eigenvalue weighted by Crippen LogP contribution is -2.06. The van der Waals surface area contributed by atoms with E-state index >= 15 is 0 Å². The second kappa shape index (κ2) is 16.2. The monoisotopic (exact) mass is 870 g/mol. The summed E-state index contributed by atoms with van der Waals surface area (Å²) in [5, 5.41) is 4.51. The van der Waals surface area contributed by atoms with Crippen LogP contribution in [0.5, 0.6) is 0 Å². The first-order chi connectivity index (χ1) is 33.7. The SMILES string of the molecule is c1ccc(-c2cccc(-c3nc(-c4ccccc4)nc(-c4cccc(-n5c6ccccc6c6c7c8ccccc8n(-c8nc(-c9ccccc9)nc(-c9ccccc9)n8)c7ccc65)c4)n3)c2)cc1. The molecule has 0 aliphatic rings. The summed E-state index contributed by atoms with van der Waals surface area (Å²) in [6.07, 6.45) is 0. The van der Waals surface area contributed by atoms with Crippen LogP contribution < -0.4 is 0 Å². The molecule has 13 rings (SSSR count). The van der Waals surface area contributed by atoms with E-state index in [4.69, 9.17) is 29.9 Å². The Hall–Kier alpha value is -9.40. The van der Waals surface area contributed by atoms with Crippen LogP contribution in [0.2, 0.25) is 0 Å².